The van der Waals surface area contributed by atoms with Crippen molar-refractivity contribution < 1.29 is 14.3 Å². The summed E-state index contributed by atoms with van der Waals surface area (Å²) in [5, 5.41) is 2.00. The minimum atomic E-state index is -0.431. The number of imidazole rings is 1. The van der Waals surface area contributed by atoms with Crippen LogP contribution in [-0.2, 0) is 9.53 Å². The van der Waals surface area contributed by atoms with Gasteiger partial charge in [-0.2, -0.15) is 0 Å². The summed E-state index contributed by atoms with van der Waals surface area (Å²) in [6.45, 7) is 6.23. The number of thiazole rings is 1. The van der Waals surface area contributed by atoms with Crippen LogP contribution in [0.5, 0.6) is 0 Å². The van der Waals surface area contributed by atoms with Crippen molar-refractivity contribution in [2.24, 2.45) is 11.8 Å². The van der Waals surface area contributed by atoms with Crippen molar-refractivity contribution in [1.82, 2.24) is 14.4 Å². The lowest BCUT2D eigenvalue weighted by Gasteiger charge is -2.33. The van der Waals surface area contributed by atoms with E-state index in [-0.39, 0.29) is 17.9 Å². The lowest BCUT2D eigenvalue weighted by Crippen LogP contribution is -2.42. The minimum absolute atomic E-state index is 0.0112. The number of fused-ring (bicyclic) bond motifs is 1. The monoisotopic (exact) mass is 522 g/mol. The molecule has 0 radical (unpaired) electrons. The van der Waals surface area contributed by atoms with E-state index in [1.165, 1.54) is 18.4 Å². The molecule has 9 heteroatoms. The van der Waals surface area contributed by atoms with Gasteiger partial charge in [0.05, 0.1) is 18.5 Å². The molecule has 0 bridgehead atoms. The van der Waals surface area contributed by atoms with Crippen molar-refractivity contribution in [3.63, 3.8) is 0 Å². The second-order valence-electron chi connectivity index (χ2n) is 9.73. The molecule has 0 N–H and O–H groups in total. The van der Waals surface area contributed by atoms with Gasteiger partial charge in [0.2, 0.25) is 5.91 Å². The van der Waals surface area contributed by atoms with Crippen LogP contribution in [0, 0.1) is 11.8 Å². The number of ether oxygens (including phenoxy) is 1. The lowest BCUT2D eigenvalue weighted by atomic mass is 9.82. The summed E-state index contributed by atoms with van der Waals surface area (Å²) in [5.41, 5.74) is 3.10. The maximum absolute atomic E-state index is 13.7. The largest absolute Gasteiger partial charge is 0.465 e. The topological polar surface area (TPSA) is 76.8 Å². The van der Waals surface area contributed by atoms with Gasteiger partial charge < -0.3 is 9.64 Å². The molecular weight excluding hydrogens is 492 g/mol. The zero-order chi connectivity index (χ0) is 25.4. The number of carbonyl (C=O) groups excluding carboxylic acids is 2. The zero-order valence-corrected chi connectivity index (χ0v) is 22.6. The van der Waals surface area contributed by atoms with Crippen LogP contribution in [0.4, 0.5) is 5.69 Å². The van der Waals surface area contributed by atoms with Crippen molar-refractivity contribution in [3.8, 4) is 21.8 Å². The molecule has 1 saturated carbocycles. The molecule has 1 aliphatic carbocycles. The number of carbonyl (C=O) groups is 2. The molecule has 0 atom stereocenters. The van der Waals surface area contributed by atoms with Gasteiger partial charge in [-0.1, -0.05) is 6.92 Å². The van der Waals surface area contributed by atoms with Crippen LogP contribution in [-0.4, -0.2) is 39.4 Å². The van der Waals surface area contributed by atoms with Crippen LogP contribution in [0.15, 0.2) is 42.2 Å². The van der Waals surface area contributed by atoms with E-state index < -0.39 is 5.97 Å². The predicted octanol–water partition coefficient (Wildman–Crippen LogP) is 6.54. The van der Waals surface area contributed by atoms with Gasteiger partial charge in [0.15, 0.2) is 4.96 Å². The van der Waals surface area contributed by atoms with Crippen molar-refractivity contribution >= 4 is 45.2 Å². The number of pyridine rings is 1. The van der Waals surface area contributed by atoms with Crippen LogP contribution < -0.4 is 4.90 Å². The first kappa shape index (κ1) is 24.6. The summed E-state index contributed by atoms with van der Waals surface area (Å²) in [6.07, 6.45) is 9.65. The summed E-state index contributed by atoms with van der Waals surface area (Å²) in [5.74, 6) is 0.316. The number of nitrogens with zero attached hydrogens (tertiary/aromatic N) is 4. The Balaban J connectivity index is 1.47. The second-order valence-corrected chi connectivity index (χ2v) is 11.7. The third-order valence-corrected chi connectivity index (χ3v) is 8.79. The maximum atomic E-state index is 13.7. The molecule has 0 aromatic carbocycles. The van der Waals surface area contributed by atoms with Crippen LogP contribution in [0.3, 0.4) is 0 Å². The van der Waals surface area contributed by atoms with E-state index in [1.807, 2.05) is 54.2 Å². The molecule has 188 valence electrons. The summed E-state index contributed by atoms with van der Waals surface area (Å²) >= 11 is 2.92. The summed E-state index contributed by atoms with van der Waals surface area (Å²) in [4.78, 5) is 39.7. The molecule has 5 rings (SSSR count). The van der Waals surface area contributed by atoms with Gasteiger partial charge in [0, 0.05) is 46.4 Å². The molecule has 4 aromatic heterocycles. The van der Waals surface area contributed by atoms with E-state index in [2.05, 4.69) is 16.9 Å². The highest BCUT2D eigenvalue weighted by Crippen LogP contribution is 2.40. The Labute approximate surface area is 218 Å². The fraction of sp³-hybridized carbons (Fsp3) is 0.407. The van der Waals surface area contributed by atoms with Gasteiger partial charge >= 0.3 is 5.97 Å². The normalized spacial score (nSPS) is 18.0. The molecule has 7 nitrogen and oxygen atoms in total. The molecular formula is C27H30N4O3S2. The van der Waals surface area contributed by atoms with E-state index in [4.69, 9.17) is 4.74 Å². The molecule has 0 unspecified atom stereocenters. The lowest BCUT2D eigenvalue weighted by molar-refractivity contribution is -0.123. The third kappa shape index (κ3) is 4.69. The Kier molecular flexibility index (Phi) is 6.94. The van der Waals surface area contributed by atoms with Gasteiger partial charge in [0.25, 0.3) is 0 Å². The first-order chi connectivity index (χ1) is 17.4. The van der Waals surface area contributed by atoms with Crippen LogP contribution in [0.1, 0.15) is 56.1 Å². The Morgan fingerprint density at radius 2 is 1.94 bits per heavy atom. The van der Waals surface area contributed by atoms with Crippen molar-refractivity contribution in [1.29, 1.82) is 0 Å². The average Bonchev–Trinajstić information content (AvgIpc) is 3.59. The molecule has 1 aliphatic rings. The predicted molar refractivity (Wildman–Crippen MR) is 145 cm³/mol. The third-order valence-electron chi connectivity index (χ3n) is 6.87. The Morgan fingerprint density at radius 3 is 2.58 bits per heavy atom. The standard InChI is InChI=1S/C27H30N4O3S2/c1-16(2)31(25(32)18-7-5-17(3)6-8-18)22-13-23(36-24(22)26(33)34-4)19-9-10-20(28-14-19)21-15-30-11-12-35-27(30)29-21/h9-18H,5-8H2,1-4H3/t17-,18-. The first-order valence-electron chi connectivity index (χ1n) is 12.3. The highest BCUT2D eigenvalue weighted by molar-refractivity contribution is 7.18. The number of aromatic nitrogens is 3. The molecule has 0 aliphatic heterocycles. The van der Waals surface area contributed by atoms with Gasteiger partial charge in [-0.25, -0.2) is 9.78 Å². The fourth-order valence-electron chi connectivity index (χ4n) is 4.84. The molecule has 4 heterocycles. The summed E-state index contributed by atoms with van der Waals surface area (Å²) in [7, 11) is 1.38. The number of methoxy groups -OCH3 is 1. The molecule has 0 saturated heterocycles. The number of hydrogen-bond acceptors (Lipinski definition) is 7. The smallest absolute Gasteiger partial charge is 0.350 e. The highest BCUT2D eigenvalue weighted by Gasteiger charge is 2.33. The van der Waals surface area contributed by atoms with E-state index in [0.29, 0.717) is 16.5 Å². The highest BCUT2D eigenvalue weighted by atomic mass is 32.1. The van der Waals surface area contributed by atoms with Crippen molar-refractivity contribution in [3.05, 3.63) is 47.0 Å². The molecule has 1 amide bonds. The van der Waals surface area contributed by atoms with E-state index in [0.717, 1.165) is 52.5 Å². The van der Waals surface area contributed by atoms with Gasteiger partial charge in [0.1, 0.15) is 10.6 Å². The SMILES string of the molecule is COC(=O)c1sc(-c2ccc(-c3cn4ccsc4n3)nc2)cc1N(C(=O)[C@H]1CC[C@H](C)CC1)C(C)C. The average molecular weight is 523 g/mol. The summed E-state index contributed by atoms with van der Waals surface area (Å²) < 4.78 is 7.08. The van der Waals surface area contributed by atoms with E-state index in [9.17, 15) is 9.59 Å². The van der Waals surface area contributed by atoms with Crippen LogP contribution in [0.2, 0.25) is 0 Å². The van der Waals surface area contributed by atoms with Crippen molar-refractivity contribution in [2.45, 2.75) is 52.5 Å². The Morgan fingerprint density at radius 1 is 1.17 bits per heavy atom. The first-order valence-corrected chi connectivity index (χ1v) is 14.0. The van der Waals surface area contributed by atoms with Gasteiger partial charge in [-0.05, 0) is 63.6 Å². The van der Waals surface area contributed by atoms with Crippen molar-refractivity contribution in [2.75, 3.05) is 12.0 Å². The number of anilines is 1. The minimum Gasteiger partial charge on any atom is -0.465 e. The van der Waals surface area contributed by atoms with Crippen LogP contribution in [0.25, 0.3) is 26.8 Å². The number of hydrogen-bond donors (Lipinski definition) is 0. The van der Waals surface area contributed by atoms with Crippen LogP contribution >= 0.6 is 22.7 Å². The number of thiophene rings is 1. The fourth-order valence-corrected chi connectivity index (χ4v) is 6.60. The second kappa shape index (κ2) is 10.1. The molecule has 0 spiro atoms. The summed E-state index contributed by atoms with van der Waals surface area (Å²) in [6, 6.07) is 5.77. The van der Waals surface area contributed by atoms with E-state index in [1.54, 1.807) is 22.4 Å². The van der Waals surface area contributed by atoms with Gasteiger partial charge in [-0.3, -0.25) is 14.2 Å². The Bertz CT molecular complexity index is 1350. The Hall–Kier alpha value is -3.04. The molecule has 4 aromatic rings. The molecule has 36 heavy (non-hydrogen) atoms. The maximum Gasteiger partial charge on any atom is 0.350 e. The molecule has 1 fully saturated rings. The number of rotatable bonds is 6. The van der Waals surface area contributed by atoms with E-state index >= 15 is 0 Å². The quantitative estimate of drug-likeness (QED) is 0.269. The van der Waals surface area contributed by atoms with Gasteiger partial charge in [-0.15, -0.1) is 22.7 Å². The number of esters is 1. The zero-order valence-electron chi connectivity index (χ0n) is 20.9. The number of amides is 1.